The zero-order chi connectivity index (χ0) is 13.7. The maximum atomic E-state index is 13.1. The highest BCUT2D eigenvalue weighted by Gasteiger charge is 2.55. The fourth-order valence-electron chi connectivity index (χ4n) is 1.08. The number of rotatable bonds is 7. The molecule has 102 valence electrons. The third kappa shape index (κ3) is 5.70. The van der Waals surface area contributed by atoms with Gasteiger partial charge in [-0.15, -0.1) is 0 Å². The molecular weight excluding hydrogens is 263 g/mol. The number of thioether (sulfide) groups is 1. The predicted octanol–water partition coefficient (Wildman–Crippen LogP) is 4.07. The summed E-state index contributed by atoms with van der Waals surface area (Å²) in [6.45, 7) is 2.35. The molecule has 0 saturated heterocycles. The summed E-state index contributed by atoms with van der Waals surface area (Å²) >= 11 is 0.592. The molecule has 0 spiro atoms. The average Bonchev–Trinajstić information content (AvgIpc) is 2.14. The summed E-state index contributed by atoms with van der Waals surface area (Å²) in [7, 11) is 0. The lowest BCUT2D eigenvalue weighted by atomic mass is 10.0. The van der Waals surface area contributed by atoms with Crippen molar-refractivity contribution >= 4 is 16.9 Å². The minimum atomic E-state index is -4.38. The van der Waals surface area contributed by atoms with Crippen LogP contribution >= 0.6 is 11.8 Å². The Morgan fingerprint density at radius 3 is 2.18 bits per heavy atom. The topological polar surface area (TPSA) is 17.1 Å². The molecule has 0 saturated carbocycles. The van der Waals surface area contributed by atoms with Crippen LogP contribution < -0.4 is 0 Å². The van der Waals surface area contributed by atoms with Crippen LogP contribution in [0.15, 0.2) is 0 Å². The van der Waals surface area contributed by atoms with Gasteiger partial charge in [0.1, 0.15) is 6.17 Å². The lowest BCUT2D eigenvalue weighted by Gasteiger charge is -2.26. The molecule has 0 amide bonds. The number of halogens is 5. The van der Waals surface area contributed by atoms with Gasteiger partial charge in [0.2, 0.25) is 0 Å². The van der Waals surface area contributed by atoms with E-state index in [0.29, 0.717) is 11.8 Å². The minimum absolute atomic E-state index is 0.161. The van der Waals surface area contributed by atoms with Crippen molar-refractivity contribution in [2.75, 3.05) is 5.75 Å². The van der Waals surface area contributed by atoms with Crippen molar-refractivity contribution in [3.8, 4) is 0 Å². The van der Waals surface area contributed by atoms with Crippen LogP contribution in [0.3, 0.4) is 0 Å². The number of hydrogen-bond donors (Lipinski definition) is 0. The third-order valence-corrected chi connectivity index (χ3v) is 3.06. The number of carbonyl (C=O) groups excluding carboxylic acids is 1. The largest absolute Gasteiger partial charge is 0.313 e. The van der Waals surface area contributed by atoms with E-state index in [0.717, 1.165) is 6.92 Å². The van der Waals surface area contributed by atoms with Crippen LogP contribution in [0, 0.1) is 0 Å². The van der Waals surface area contributed by atoms with E-state index in [1.165, 1.54) is 0 Å². The van der Waals surface area contributed by atoms with E-state index in [4.69, 9.17) is 0 Å². The van der Waals surface area contributed by atoms with Gasteiger partial charge in [0.15, 0.2) is 5.12 Å². The summed E-state index contributed by atoms with van der Waals surface area (Å²) < 4.78 is 64.5. The molecule has 0 heterocycles. The number of alkyl halides is 5. The molecule has 0 aromatic rings. The van der Waals surface area contributed by atoms with Crippen LogP contribution in [0.4, 0.5) is 22.0 Å². The first-order valence-electron chi connectivity index (χ1n) is 5.17. The van der Waals surface area contributed by atoms with Crippen molar-refractivity contribution in [3.63, 3.8) is 0 Å². The fourth-order valence-corrected chi connectivity index (χ4v) is 1.87. The molecule has 0 aliphatic rings. The molecule has 1 unspecified atom stereocenters. The predicted molar refractivity (Wildman–Crippen MR) is 57.5 cm³/mol. The van der Waals surface area contributed by atoms with Gasteiger partial charge in [-0.3, -0.25) is 4.79 Å². The Kier molecular flexibility index (Phi) is 6.43. The minimum Gasteiger partial charge on any atom is -0.287 e. The summed E-state index contributed by atoms with van der Waals surface area (Å²) in [5, 5.41) is -0.331. The molecule has 0 aliphatic carbocycles. The summed E-state index contributed by atoms with van der Waals surface area (Å²) in [6, 6.07) is 0. The molecule has 0 bridgehead atoms. The lowest BCUT2D eigenvalue weighted by Crippen LogP contribution is -2.42. The summed E-state index contributed by atoms with van der Waals surface area (Å²) in [6.07, 6.45) is -4.48. The van der Waals surface area contributed by atoms with E-state index in [1.807, 2.05) is 0 Å². The van der Waals surface area contributed by atoms with E-state index >= 15 is 0 Å². The molecule has 17 heavy (non-hydrogen) atoms. The molecule has 0 aromatic carbocycles. The average molecular weight is 278 g/mol. The lowest BCUT2D eigenvalue weighted by molar-refractivity contribution is -0.217. The molecule has 0 aromatic heterocycles. The summed E-state index contributed by atoms with van der Waals surface area (Å²) in [5.41, 5.74) is 0. The summed E-state index contributed by atoms with van der Waals surface area (Å²) in [4.78, 5) is 10.8. The van der Waals surface area contributed by atoms with Crippen LogP contribution in [0.1, 0.15) is 33.1 Å². The smallest absolute Gasteiger partial charge is 0.287 e. The van der Waals surface area contributed by atoms with E-state index in [2.05, 4.69) is 0 Å². The standard InChI is InChI=1S/C10H15F5OS/c1-3-8(16)17-5-4-9(12,13)10(14,15)6-7(2)11/h7H,3-6H2,1-2H3. The number of hydrogen-bond acceptors (Lipinski definition) is 2. The van der Waals surface area contributed by atoms with Gasteiger partial charge in [-0.25, -0.2) is 4.39 Å². The Balaban J connectivity index is 4.30. The Hall–Kier alpha value is -0.330. The molecule has 7 heteroatoms. The van der Waals surface area contributed by atoms with Crippen molar-refractivity contribution in [2.45, 2.75) is 51.1 Å². The van der Waals surface area contributed by atoms with Crippen LogP contribution in [0.2, 0.25) is 0 Å². The van der Waals surface area contributed by atoms with Crippen molar-refractivity contribution in [3.05, 3.63) is 0 Å². The SMILES string of the molecule is CCC(=O)SCCC(F)(F)C(F)(F)CC(C)F. The van der Waals surface area contributed by atoms with E-state index < -0.39 is 36.6 Å². The van der Waals surface area contributed by atoms with Gasteiger partial charge in [0, 0.05) is 25.0 Å². The molecule has 0 radical (unpaired) electrons. The van der Waals surface area contributed by atoms with Gasteiger partial charge in [0.25, 0.3) is 0 Å². The molecule has 0 fully saturated rings. The van der Waals surface area contributed by atoms with E-state index in [1.54, 1.807) is 6.92 Å². The highest BCUT2D eigenvalue weighted by atomic mass is 32.2. The van der Waals surface area contributed by atoms with E-state index in [-0.39, 0.29) is 11.5 Å². The zero-order valence-corrected chi connectivity index (χ0v) is 10.4. The van der Waals surface area contributed by atoms with Gasteiger partial charge in [-0.1, -0.05) is 18.7 Å². The van der Waals surface area contributed by atoms with Crippen LogP contribution in [-0.4, -0.2) is 28.9 Å². The maximum absolute atomic E-state index is 13.1. The second-order valence-electron chi connectivity index (χ2n) is 3.72. The van der Waals surface area contributed by atoms with Crippen LogP contribution in [0.25, 0.3) is 0 Å². The second-order valence-corrected chi connectivity index (χ2v) is 4.87. The molecular formula is C10H15F5OS. The van der Waals surface area contributed by atoms with Gasteiger partial charge in [-0.05, 0) is 6.92 Å². The second kappa shape index (κ2) is 6.56. The monoisotopic (exact) mass is 278 g/mol. The normalized spacial score (nSPS) is 14.8. The van der Waals surface area contributed by atoms with Crippen molar-refractivity contribution in [1.82, 2.24) is 0 Å². The van der Waals surface area contributed by atoms with Crippen molar-refractivity contribution < 1.29 is 26.7 Å². The molecule has 1 nitrogen and oxygen atoms in total. The quantitative estimate of drug-likeness (QED) is 0.653. The maximum Gasteiger partial charge on any atom is 0.313 e. The van der Waals surface area contributed by atoms with Crippen molar-refractivity contribution in [2.24, 2.45) is 0 Å². The first kappa shape index (κ1) is 16.7. The van der Waals surface area contributed by atoms with Gasteiger partial charge < -0.3 is 0 Å². The zero-order valence-electron chi connectivity index (χ0n) is 9.61. The van der Waals surface area contributed by atoms with Crippen LogP contribution in [-0.2, 0) is 4.79 Å². The Morgan fingerprint density at radius 2 is 1.76 bits per heavy atom. The van der Waals surface area contributed by atoms with Gasteiger partial charge in [0.05, 0.1) is 0 Å². The highest BCUT2D eigenvalue weighted by Crippen LogP contribution is 2.41. The first-order chi connectivity index (χ1) is 7.62. The van der Waals surface area contributed by atoms with Crippen molar-refractivity contribution in [1.29, 1.82) is 0 Å². The van der Waals surface area contributed by atoms with Crippen LogP contribution in [0.5, 0.6) is 0 Å². The Bertz CT molecular complexity index is 255. The molecule has 0 N–H and O–H groups in total. The molecule has 0 aliphatic heterocycles. The van der Waals surface area contributed by atoms with Gasteiger partial charge >= 0.3 is 11.8 Å². The van der Waals surface area contributed by atoms with E-state index in [9.17, 15) is 26.7 Å². The Labute approximate surface area is 101 Å². The Morgan fingerprint density at radius 1 is 1.24 bits per heavy atom. The molecule has 1 atom stereocenters. The highest BCUT2D eigenvalue weighted by molar-refractivity contribution is 8.13. The summed E-state index contributed by atoms with van der Waals surface area (Å²) in [5.74, 6) is -9.05. The fraction of sp³-hybridized carbons (Fsp3) is 0.900. The van der Waals surface area contributed by atoms with Gasteiger partial charge in [-0.2, -0.15) is 17.6 Å². The third-order valence-electron chi connectivity index (χ3n) is 2.04. The number of carbonyl (C=O) groups is 1. The molecule has 0 rings (SSSR count). The first-order valence-corrected chi connectivity index (χ1v) is 6.16.